The summed E-state index contributed by atoms with van der Waals surface area (Å²) >= 11 is 6.02. The zero-order valence-corrected chi connectivity index (χ0v) is 13.9. The molecule has 0 amide bonds. The van der Waals surface area contributed by atoms with E-state index in [1.807, 2.05) is 0 Å². The Hall–Kier alpha value is -2.56. The quantitative estimate of drug-likeness (QED) is 0.758. The molecule has 122 valence electrons. The Bertz CT molecular complexity index is 1010. The van der Waals surface area contributed by atoms with Crippen molar-refractivity contribution in [3.63, 3.8) is 0 Å². The average molecular weight is 365 g/mol. The van der Waals surface area contributed by atoms with Crippen molar-refractivity contribution in [2.24, 2.45) is 0 Å². The van der Waals surface area contributed by atoms with Gasteiger partial charge in [0.1, 0.15) is 17.6 Å². The summed E-state index contributed by atoms with van der Waals surface area (Å²) in [5, 5.41) is 9.58. The number of nitriles is 1. The normalized spacial score (nSPS) is 15.2. The first kappa shape index (κ1) is 16.3. The molecule has 0 N–H and O–H groups in total. The van der Waals surface area contributed by atoms with Crippen LogP contribution in [0.2, 0.25) is 5.02 Å². The lowest BCUT2D eigenvalue weighted by Crippen LogP contribution is -2.22. The summed E-state index contributed by atoms with van der Waals surface area (Å²) in [6.07, 6.45) is 1.13. The monoisotopic (exact) mass is 364 g/mol. The fourth-order valence-corrected chi connectivity index (χ4v) is 3.87. The Morgan fingerprint density at radius 2 is 1.96 bits per heavy atom. The van der Waals surface area contributed by atoms with Crippen LogP contribution in [0.25, 0.3) is 0 Å². The molecule has 0 unspecified atom stereocenters. The number of anilines is 2. The highest BCUT2D eigenvalue weighted by molar-refractivity contribution is 7.95. The van der Waals surface area contributed by atoms with E-state index < -0.39 is 20.6 Å². The van der Waals surface area contributed by atoms with Crippen LogP contribution in [-0.4, -0.2) is 15.5 Å². The van der Waals surface area contributed by atoms with E-state index in [-0.39, 0.29) is 10.6 Å². The molecule has 5 nitrogen and oxygen atoms in total. The first-order valence-corrected chi connectivity index (χ1v) is 8.54. The predicted molar refractivity (Wildman–Crippen MR) is 87.4 cm³/mol. The van der Waals surface area contributed by atoms with Gasteiger partial charge in [-0.3, -0.25) is 0 Å². The first-order valence-electron chi connectivity index (χ1n) is 6.68. The number of rotatable bonds is 2. The van der Waals surface area contributed by atoms with Gasteiger partial charge in [0.2, 0.25) is 9.84 Å². The van der Waals surface area contributed by atoms with E-state index >= 15 is 0 Å². The molecule has 2 aromatic rings. The minimum absolute atomic E-state index is 0.0783. The lowest BCUT2D eigenvalue weighted by molar-refractivity contribution is 0.416. The van der Waals surface area contributed by atoms with Crippen LogP contribution in [-0.2, 0) is 9.84 Å². The lowest BCUT2D eigenvalue weighted by atomic mass is 10.2. The molecule has 24 heavy (non-hydrogen) atoms. The van der Waals surface area contributed by atoms with Gasteiger partial charge in [-0.1, -0.05) is 11.6 Å². The minimum Gasteiger partial charge on any atom is -0.495 e. The van der Waals surface area contributed by atoms with Gasteiger partial charge in [-0.25, -0.2) is 12.8 Å². The number of nitrogens with zero attached hydrogens (tertiary/aromatic N) is 2. The molecular weight excluding hydrogens is 355 g/mol. The number of benzene rings is 2. The van der Waals surface area contributed by atoms with Gasteiger partial charge >= 0.3 is 0 Å². The molecule has 0 aliphatic carbocycles. The van der Waals surface area contributed by atoms with Gasteiger partial charge in [0, 0.05) is 11.2 Å². The molecule has 0 bridgehead atoms. The van der Waals surface area contributed by atoms with Crippen molar-refractivity contribution in [3.8, 4) is 11.8 Å². The standard InChI is InChI=1S/C16H10ClFN2O3S/c1-23-15-4-2-10(17)6-13(15)20-9-12(8-19)24(21,22)16-5-3-11(18)7-14(16)20/h2-7,9H,1H3. The van der Waals surface area contributed by atoms with Crippen LogP contribution in [0.5, 0.6) is 5.75 Å². The second-order valence-corrected chi connectivity index (χ2v) is 7.23. The number of methoxy groups -OCH3 is 1. The molecule has 0 aromatic heterocycles. The molecule has 0 saturated carbocycles. The number of hydrogen-bond acceptors (Lipinski definition) is 5. The van der Waals surface area contributed by atoms with Crippen molar-refractivity contribution in [1.82, 2.24) is 0 Å². The van der Waals surface area contributed by atoms with Crippen LogP contribution in [0.4, 0.5) is 15.8 Å². The van der Waals surface area contributed by atoms with E-state index in [1.54, 1.807) is 24.3 Å². The Kier molecular flexibility index (Phi) is 3.95. The van der Waals surface area contributed by atoms with Gasteiger partial charge < -0.3 is 9.64 Å². The molecule has 0 spiro atoms. The Labute approximate surface area is 143 Å². The van der Waals surface area contributed by atoms with Gasteiger partial charge in [-0.2, -0.15) is 5.26 Å². The maximum absolute atomic E-state index is 13.7. The number of sulfone groups is 1. The van der Waals surface area contributed by atoms with Crippen LogP contribution < -0.4 is 9.64 Å². The van der Waals surface area contributed by atoms with Crippen molar-refractivity contribution in [3.05, 3.63) is 58.3 Å². The molecule has 1 aliphatic rings. The SMILES string of the molecule is COc1ccc(Cl)cc1N1C=C(C#N)S(=O)(=O)c2ccc(F)cc21. The van der Waals surface area contributed by atoms with Crippen LogP contribution in [0.1, 0.15) is 0 Å². The minimum atomic E-state index is -4.00. The number of halogens is 2. The van der Waals surface area contributed by atoms with Crippen LogP contribution in [0, 0.1) is 17.1 Å². The Morgan fingerprint density at radius 1 is 1.21 bits per heavy atom. The molecule has 3 rings (SSSR count). The maximum Gasteiger partial charge on any atom is 0.220 e. The topological polar surface area (TPSA) is 70.4 Å². The van der Waals surface area contributed by atoms with Crippen LogP contribution in [0.3, 0.4) is 0 Å². The molecule has 0 atom stereocenters. The number of ether oxygens (including phenoxy) is 1. The van der Waals surface area contributed by atoms with Crippen LogP contribution >= 0.6 is 11.6 Å². The largest absolute Gasteiger partial charge is 0.495 e. The number of fused-ring (bicyclic) bond motifs is 1. The highest BCUT2D eigenvalue weighted by Crippen LogP contribution is 2.43. The van der Waals surface area contributed by atoms with E-state index in [0.29, 0.717) is 16.5 Å². The molecular formula is C16H10ClFN2O3S. The summed E-state index contributed by atoms with van der Waals surface area (Å²) in [6.45, 7) is 0. The smallest absolute Gasteiger partial charge is 0.220 e. The Morgan fingerprint density at radius 3 is 2.62 bits per heavy atom. The van der Waals surface area contributed by atoms with Crippen molar-refractivity contribution in [1.29, 1.82) is 5.26 Å². The van der Waals surface area contributed by atoms with Gasteiger partial charge in [-0.05, 0) is 36.4 Å². The van der Waals surface area contributed by atoms with E-state index in [4.69, 9.17) is 16.3 Å². The van der Waals surface area contributed by atoms with Crippen molar-refractivity contribution >= 4 is 32.8 Å². The predicted octanol–water partition coefficient (Wildman–Crippen LogP) is 3.78. The molecule has 0 fully saturated rings. The molecule has 0 saturated heterocycles. The summed E-state index contributed by atoms with van der Waals surface area (Å²) in [5.74, 6) is -0.216. The second-order valence-electron chi connectivity index (χ2n) is 4.91. The second kappa shape index (κ2) is 5.82. The van der Waals surface area contributed by atoms with Gasteiger partial charge in [-0.15, -0.1) is 0 Å². The van der Waals surface area contributed by atoms with E-state index in [9.17, 15) is 18.1 Å². The first-order chi connectivity index (χ1) is 11.4. The van der Waals surface area contributed by atoms with Gasteiger partial charge in [0.25, 0.3) is 0 Å². The zero-order chi connectivity index (χ0) is 17.5. The van der Waals surface area contributed by atoms with E-state index in [0.717, 1.165) is 24.4 Å². The third-order valence-corrected chi connectivity index (χ3v) is 5.45. The lowest BCUT2D eigenvalue weighted by Gasteiger charge is -2.28. The molecule has 2 aromatic carbocycles. The molecule has 8 heteroatoms. The highest BCUT2D eigenvalue weighted by Gasteiger charge is 2.33. The average Bonchev–Trinajstić information content (AvgIpc) is 2.54. The summed E-state index contributed by atoms with van der Waals surface area (Å²) in [7, 11) is -2.56. The van der Waals surface area contributed by atoms with Gasteiger partial charge in [0.05, 0.1) is 23.4 Å². The summed E-state index contributed by atoms with van der Waals surface area (Å²) in [5.41, 5.74) is 0.467. The fourth-order valence-electron chi connectivity index (χ4n) is 2.42. The van der Waals surface area contributed by atoms with E-state index in [2.05, 4.69) is 0 Å². The molecule has 1 aliphatic heterocycles. The third-order valence-electron chi connectivity index (χ3n) is 3.52. The molecule has 0 radical (unpaired) electrons. The summed E-state index contributed by atoms with van der Waals surface area (Å²) in [6, 6.07) is 9.65. The number of hydrogen-bond donors (Lipinski definition) is 0. The molecule has 1 heterocycles. The third kappa shape index (κ3) is 2.50. The highest BCUT2D eigenvalue weighted by atomic mass is 35.5. The van der Waals surface area contributed by atoms with Crippen molar-refractivity contribution < 1.29 is 17.5 Å². The number of allylic oxidation sites excluding steroid dienone is 1. The summed E-state index contributed by atoms with van der Waals surface area (Å²) < 4.78 is 43.9. The van der Waals surface area contributed by atoms with Crippen molar-refractivity contribution in [2.45, 2.75) is 4.90 Å². The summed E-state index contributed by atoms with van der Waals surface area (Å²) in [4.78, 5) is 0.761. The van der Waals surface area contributed by atoms with Crippen LogP contribution in [0.15, 0.2) is 52.4 Å². The van der Waals surface area contributed by atoms with Crippen molar-refractivity contribution in [2.75, 3.05) is 12.0 Å². The fraction of sp³-hybridized carbons (Fsp3) is 0.0625. The zero-order valence-electron chi connectivity index (χ0n) is 12.3. The van der Waals surface area contributed by atoms with Gasteiger partial charge in [0.15, 0.2) is 4.91 Å². The Balaban J connectivity index is 2.35. The van der Waals surface area contributed by atoms with E-state index in [1.165, 1.54) is 12.0 Å². The maximum atomic E-state index is 13.7.